The fourth-order valence-electron chi connectivity index (χ4n) is 3.36. The lowest BCUT2D eigenvalue weighted by Gasteiger charge is -2.44. The van der Waals surface area contributed by atoms with Gasteiger partial charge in [-0.25, -0.2) is 0 Å². The van der Waals surface area contributed by atoms with Crippen LogP contribution in [0.15, 0.2) is 0 Å². The summed E-state index contributed by atoms with van der Waals surface area (Å²) in [6, 6.07) is 0. The summed E-state index contributed by atoms with van der Waals surface area (Å²) in [5.41, 5.74) is -0.899. The molecule has 0 aromatic carbocycles. The number of rotatable bonds is 12. The van der Waals surface area contributed by atoms with Crippen LogP contribution in [0.3, 0.4) is 0 Å². The minimum absolute atomic E-state index is 0.133. The Morgan fingerprint density at radius 2 is 1.52 bits per heavy atom. The van der Waals surface area contributed by atoms with Gasteiger partial charge in [-0.15, -0.1) is 0 Å². The average molecular weight is 498 g/mol. The van der Waals surface area contributed by atoms with Gasteiger partial charge >= 0.3 is 0 Å². The van der Waals surface area contributed by atoms with E-state index >= 15 is 0 Å². The SMILES string of the molecule is COC(C)(C)CCOC(C)(C)CC(=O)N(CC(C)C)C(C)(C)CC(C)(C)I. The molecule has 0 heterocycles. The maximum absolute atomic E-state index is 13.3. The van der Waals surface area contributed by atoms with Crippen LogP contribution in [-0.2, 0) is 14.3 Å². The van der Waals surface area contributed by atoms with Gasteiger partial charge in [-0.3, -0.25) is 4.79 Å². The largest absolute Gasteiger partial charge is 0.379 e. The van der Waals surface area contributed by atoms with Crippen LogP contribution in [0.5, 0.6) is 0 Å². The summed E-state index contributed by atoms with van der Waals surface area (Å²) in [7, 11) is 1.72. The summed E-state index contributed by atoms with van der Waals surface area (Å²) in [4.78, 5) is 15.3. The number of methoxy groups -OCH3 is 1. The first-order chi connectivity index (χ1) is 11.9. The van der Waals surface area contributed by atoms with Gasteiger partial charge in [0.25, 0.3) is 0 Å². The molecule has 0 aliphatic heterocycles. The van der Waals surface area contributed by atoms with Crippen molar-refractivity contribution in [3.63, 3.8) is 0 Å². The zero-order valence-corrected chi connectivity index (χ0v) is 21.8. The van der Waals surface area contributed by atoms with Crippen molar-refractivity contribution in [3.05, 3.63) is 0 Å². The average Bonchev–Trinajstić information content (AvgIpc) is 2.40. The van der Waals surface area contributed by atoms with E-state index < -0.39 is 5.60 Å². The number of hydrogen-bond donors (Lipinski definition) is 0. The number of amides is 1. The standard InChI is InChI=1S/C22H44INO3/c1-17(2)15-24(20(5,6)16-19(3,4)23)18(25)14-22(9,10)27-13-12-21(7,8)26-11/h17H,12-16H2,1-11H3. The van der Waals surface area contributed by atoms with E-state index in [1.54, 1.807) is 7.11 Å². The van der Waals surface area contributed by atoms with Gasteiger partial charge < -0.3 is 14.4 Å². The lowest BCUT2D eigenvalue weighted by molar-refractivity contribution is -0.145. The molecule has 162 valence electrons. The summed E-state index contributed by atoms with van der Waals surface area (Å²) >= 11 is 2.48. The third-order valence-electron chi connectivity index (χ3n) is 4.76. The quantitative estimate of drug-likeness (QED) is 0.251. The molecular formula is C22H44INO3. The van der Waals surface area contributed by atoms with Crippen LogP contribution in [0.25, 0.3) is 0 Å². The molecule has 0 aliphatic carbocycles. The number of carbonyl (C=O) groups is 1. The normalized spacial score (nSPS) is 14.0. The van der Waals surface area contributed by atoms with Crippen molar-refractivity contribution in [2.75, 3.05) is 20.3 Å². The molecule has 5 heteroatoms. The lowest BCUT2D eigenvalue weighted by atomic mass is 9.89. The molecule has 0 bridgehead atoms. The molecule has 0 saturated heterocycles. The Morgan fingerprint density at radius 1 is 1.00 bits per heavy atom. The Bertz CT molecular complexity index is 465. The number of hydrogen-bond acceptors (Lipinski definition) is 3. The molecule has 1 amide bonds. The highest BCUT2D eigenvalue weighted by molar-refractivity contribution is 14.1. The summed E-state index contributed by atoms with van der Waals surface area (Å²) in [6.45, 7) is 22.6. The third-order valence-corrected chi connectivity index (χ3v) is 5.14. The molecule has 0 unspecified atom stereocenters. The van der Waals surface area contributed by atoms with Gasteiger partial charge in [-0.1, -0.05) is 50.3 Å². The van der Waals surface area contributed by atoms with Crippen molar-refractivity contribution in [2.45, 2.75) is 109 Å². The predicted octanol–water partition coefficient (Wildman–Crippen LogP) is 5.85. The number of carbonyl (C=O) groups excluding carboxylic acids is 1. The maximum atomic E-state index is 13.3. The molecule has 0 rings (SSSR count). The van der Waals surface area contributed by atoms with Crippen molar-refractivity contribution >= 4 is 28.5 Å². The van der Waals surface area contributed by atoms with Gasteiger partial charge in [0.05, 0.1) is 24.2 Å². The van der Waals surface area contributed by atoms with Gasteiger partial charge in [-0.2, -0.15) is 0 Å². The highest BCUT2D eigenvalue weighted by Crippen LogP contribution is 2.33. The first-order valence-electron chi connectivity index (χ1n) is 10.1. The van der Waals surface area contributed by atoms with E-state index in [1.165, 1.54) is 0 Å². The van der Waals surface area contributed by atoms with Crippen LogP contribution < -0.4 is 0 Å². The summed E-state index contributed by atoms with van der Waals surface area (Å²) < 4.78 is 11.7. The van der Waals surface area contributed by atoms with Crippen molar-refractivity contribution < 1.29 is 14.3 Å². The Kier molecular flexibility index (Phi) is 10.3. The topological polar surface area (TPSA) is 38.8 Å². The Labute approximate surface area is 182 Å². The molecule has 4 nitrogen and oxygen atoms in total. The highest BCUT2D eigenvalue weighted by atomic mass is 127. The molecule has 0 atom stereocenters. The molecule has 0 saturated carbocycles. The zero-order chi connectivity index (χ0) is 21.7. The van der Waals surface area contributed by atoms with Crippen LogP contribution in [-0.4, -0.2) is 51.2 Å². The highest BCUT2D eigenvalue weighted by Gasteiger charge is 2.37. The molecule has 0 aliphatic rings. The van der Waals surface area contributed by atoms with Gasteiger partial charge in [0.1, 0.15) is 0 Å². The fourth-order valence-corrected chi connectivity index (χ4v) is 4.30. The molecule has 0 aromatic heterocycles. The zero-order valence-electron chi connectivity index (χ0n) is 19.7. The van der Waals surface area contributed by atoms with Crippen molar-refractivity contribution in [3.8, 4) is 0 Å². The molecule has 0 spiro atoms. The Balaban J connectivity index is 5.12. The van der Waals surface area contributed by atoms with E-state index in [0.717, 1.165) is 19.4 Å². The monoisotopic (exact) mass is 497 g/mol. The van der Waals surface area contributed by atoms with Crippen molar-refractivity contribution in [2.24, 2.45) is 5.92 Å². The van der Waals surface area contributed by atoms with Gasteiger partial charge in [0.15, 0.2) is 0 Å². The fraction of sp³-hybridized carbons (Fsp3) is 0.955. The van der Waals surface area contributed by atoms with Crippen LogP contribution in [0.4, 0.5) is 0 Å². The summed E-state index contributed by atoms with van der Waals surface area (Å²) in [6.07, 6.45) is 2.13. The number of ether oxygens (including phenoxy) is 2. The Hall–Kier alpha value is 0.120. The smallest absolute Gasteiger partial charge is 0.225 e. The van der Waals surface area contributed by atoms with Crippen LogP contribution >= 0.6 is 22.6 Å². The summed E-state index contributed by atoms with van der Waals surface area (Å²) in [5.74, 6) is 0.599. The predicted molar refractivity (Wildman–Crippen MR) is 124 cm³/mol. The minimum atomic E-state index is -0.494. The second kappa shape index (κ2) is 10.2. The lowest BCUT2D eigenvalue weighted by Crippen LogP contribution is -2.53. The molecule has 0 radical (unpaired) electrons. The first kappa shape index (κ1) is 27.1. The van der Waals surface area contributed by atoms with E-state index in [-0.39, 0.29) is 20.5 Å². The summed E-state index contributed by atoms with van der Waals surface area (Å²) in [5, 5.41) is 0. The van der Waals surface area contributed by atoms with Gasteiger partial charge in [0, 0.05) is 22.6 Å². The van der Waals surface area contributed by atoms with Crippen LogP contribution in [0.1, 0.15) is 88.5 Å². The Morgan fingerprint density at radius 3 is 1.93 bits per heavy atom. The van der Waals surface area contributed by atoms with E-state index in [2.05, 4.69) is 69.0 Å². The molecular weight excluding hydrogens is 453 g/mol. The second-order valence-corrected chi connectivity index (χ2v) is 13.5. The number of nitrogens with zero attached hydrogens (tertiary/aromatic N) is 1. The van der Waals surface area contributed by atoms with Crippen LogP contribution in [0.2, 0.25) is 0 Å². The maximum Gasteiger partial charge on any atom is 0.225 e. The van der Waals surface area contributed by atoms with Crippen LogP contribution in [0, 0.1) is 5.92 Å². The van der Waals surface area contributed by atoms with Crippen molar-refractivity contribution in [1.29, 1.82) is 0 Å². The number of halogens is 1. The molecule has 0 N–H and O–H groups in total. The van der Waals surface area contributed by atoms with Gasteiger partial charge in [-0.05, 0) is 60.3 Å². The second-order valence-electron chi connectivity index (χ2n) is 10.6. The van der Waals surface area contributed by atoms with E-state index in [4.69, 9.17) is 9.47 Å². The molecule has 0 fully saturated rings. The van der Waals surface area contributed by atoms with Gasteiger partial charge in [0.2, 0.25) is 5.91 Å². The van der Waals surface area contributed by atoms with Crippen molar-refractivity contribution in [1.82, 2.24) is 4.90 Å². The number of alkyl halides is 1. The minimum Gasteiger partial charge on any atom is -0.379 e. The molecule has 0 aromatic rings. The van der Waals surface area contributed by atoms with E-state index in [9.17, 15) is 4.79 Å². The molecule has 27 heavy (non-hydrogen) atoms. The first-order valence-corrected chi connectivity index (χ1v) is 11.2. The third kappa shape index (κ3) is 11.6. The van der Waals surface area contributed by atoms with E-state index in [1.807, 2.05) is 27.7 Å². The van der Waals surface area contributed by atoms with E-state index in [0.29, 0.717) is 18.9 Å².